The molecule has 1 aliphatic rings. The predicted octanol–water partition coefficient (Wildman–Crippen LogP) is 4.05. The van der Waals surface area contributed by atoms with Crippen LogP contribution < -0.4 is 5.32 Å². The number of rotatable bonds is 4. The number of carbonyl (C=O) groups excluding carboxylic acids is 1. The van der Waals surface area contributed by atoms with Gasteiger partial charge >= 0.3 is 0 Å². The van der Waals surface area contributed by atoms with E-state index in [0.717, 1.165) is 17.8 Å². The number of hydrogen-bond acceptors (Lipinski definition) is 6. The maximum Gasteiger partial charge on any atom is 0.273 e. The van der Waals surface area contributed by atoms with Gasteiger partial charge in [-0.1, -0.05) is 36.7 Å². The minimum absolute atomic E-state index is 0.0668. The Kier molecular flexibility index (Phi) is 4.84. The van der Waals surface area contributed by atoms with E-state index in [1.54, 1.807) is 13.0 Å². The van der Waals surface area contributed by atoms with E-state index in [0.29, 0.717) is 16.6 Å². The van der Waals surface area contributed by atoms with Crippen LogP contribution in [0.2, 0.25) is 0 Å². The topological polar surface area (TPSA) is 98.0 Å². The third-order valence-electron chi connectivity index (χ3n) is 4.36. The van der Waals surface area contributed by atoms with Crippen LogP contribution in [0.25, 0.3) is 0 Å². The summed E-state index contributed by atoms with van der Waals surface area (Å²) in [4.78, 5) is 22.9. The van der Waals surface area contributed by atoms with Crippen LogP contribution in [-0.4, -0.2) is 21.0 Å². The molecule has 7 nitrogen and oxygen atoms in total. The minimum Gasteiger partial charge on any atom is -0.296 e. The first-order valence-corrected chi connectivity index (χ1v) is 8.76. The van der Waals surface area contributed by atoms with Crippen LogP contribution >= 0.6 is 11.3 Å². The Bertz CT molecular complexity index is 768. The summed E-state index contributed by atoms with van der Waals surface area (Å²) in [6, 6.07) is 4.46. The quantitative estimate of drug-likeness (QED) is 0.665. The molecule has 1 amide bonds. The van der Waals surface area contributed by atoms with Crippen molar-refractivity contribution in [2.24, 2.45) is 0 Å². The van der Waals surface area contributed by atoms with Crippen molar-refractivity contribution in [3.05, 3.63) is 44.4 Å². The molecule has 126 valence electrons. The largest absolute Gasteiger partial charge is 0.296 e. The van der Waals surface area contributed by atoms with E-state index in [1.165, 1.54) is 42.7 Å². The van der Waals surface area contributed by atoms with E-state index >= 15 is 0 Å². The Labute approximate surface area is 143 Å². The molecule has 1 aromatic heterocycles. The zero-order valence-electron chi connectivity index (χ0n) is 13.3. The van der Waals surface area contributed by atoms with Gasteiger partial charge < -0.3 is 0 Å². The average molecular weight is 346 g/mol. The van der Waals surface area contributed by atoms with Crippen LogP contribution in [0.4, 0.5) is 10.8 Å². The number of nitro benzene ring substituents is 1. The molecule has 0 bridgehead atoms. The molecule has 1 heterocycles. The number of anilines is 1. The van der Waals surface area contributed by atoms with Gasteiger partial charge in [0.25, 0.3) is 11.6 Å². The molecule has 24 heavy (non-hydrogen) atoms. The van der Waals surface area contributed by atoms with Crippen molar-refractivity contribution >= 4 is 28.1 Å². The van der Waals surface area contributed by atoms with Gasteiger partial charge in [0.05, 0.1) is 4.92 Å². The van der Waals surface area contributed by atoms with Crippen LogP contribution in [0.3, 0.4) is 0 Å². The molecule has 0 atom stereocenters. The highest BCUT2D eigenvalue weighted by Crippen LogP contribution is 2.35. The lowest BCUT2D eigenvalue weighted by Crippen LogP contribution is -2.14. The molecule has 8 heteroatoms. The number of nitro groups is 1. The van der Waals surface area contributed by atoms with Crippen LogP contribution in [-0.2, 0) is 0 Å². The number of aromatic nitrogens is 2. The van der Waals surface area contributed by atoms with Crippen LogP contribution in [0, 0.1) is 17.0 Å². The number of nitrogens with zero attached hydrogens (tertiary/aromatic N) is 3. The van der Waals surface area contributed by atoms with Gasteiger partial charge in [0.1, 0.15) is 5.01 Å². The van der Waals surface area contributed by atoms with Crippen molar-refractivity contribution in [3.63, 3.8) is 0 Å². The number of benzene rings is 1. The first kappa shape index (κ1) is 16.5. The van der Waals surface area contributed by atoms with Gasteiger partial charge in [0.15, 0.2) is 0 Å². The Hall–Kier alpha value is -2.35. The second-order valence-corrected chi connectivity index (χ2v) is 6.95. The molecular formula is C16H18N4O3S. The Morgan fingerprint density at radius 2 is 2.04 bits per heavy atom. The number of nitrogens with one attached hydrogen (secondary N) is 1. The molecule has 1 fully saturated rings. The Balaban J connectivity index is 1.75. The fourth-order valence-electron chi connectivity index (χ4n) is 3.03. The van der Waals surface area contributed by atoms with Crippen LogP contribution in [0.15, 0.2) is 18.2 Å². The molecule has 1 aliphatic carbocycles. The van der Waals surface area contributed by atoms with Crippen LogP contribution in [0.1, 0.15) is 59.0 Å². The van der Waals surface area contributed by atoms with E-state index in [1.807, 2.05) is 0 Å². The highest BCUT2D eigenvalue weighted by Gasteiger charge is 2.22. The van der Waals surface area contributed by atoms with Gasteiger partial charge in [-0.3, -0.25) is 20.2 Å². The molecule has 0 spiro atoms. The van der Waals surface area contributed by atoms with Crippen molar-refractivity contribution in [1.82, 2.24) is 10.2 Å². The van der Waals surface area contributed by atoms with Crippen molar-refractivity contribution in [2.45, 2.75) is 44.9 Å². The van der Waals surface area contributed by atoms with Crippen LogP contribution in [0.5, 0.6) is 0 Å². The molecule has 2 aromatic rings. The Morgan fingerprint density at radius 3 is 2.75 bits per heavy atom. The molecular weight excluding hydrogens is 328 g/mol. The van der Waals surface area contributed by atoms with Gasteiger partial charge in [0, 0.05) is 23.1 Å². The smallest absolute Gasteiger partial charge is 0.273 e. The van der Waals surface area contributed by atoms with Crippen molar-refractivity contribution in [3.8, 4) is 0 Å². The standard InChI is InChI=1S/C16H18N4O3S/c1-10-12(8-5-9-13(10)20(22)23)14(21)17-16-19-18-15(24-16)11-6-3-2-4-7-11/h5,8-9,11H,2-4,6-7H2,1H3,(H,17,19,21). The average Bonchev–Trinajstić information content (AvgIpc) is 3.04. The van der Waals surface area contributed by atoms with E-state index < -0.39 is 10.8 Å². The molecule has 0 radical (unpaired) electrons. The molecule has 1 saturated carbocycles. The highest BCUT2D eigenvalue weighted by molar-refractivity contribution is 7.15. The maximum atomic E-state index is 12.4. The van der Waals surface area contributed by atoms with Crippen molar-refractivity contribution in [2.75, 3.05) is 5.32 Å². The lowest BCUT2D eigenvalue weighted by Gasteiger charge is -2.18. The summed E-state index contributed by atoms with van der Waals surface area (Å²) in [6.07, 6.45) is 5.92. The second-order valence-electron chi connectivity index (χ2n) is 5.94. The minimum atomic E-state index is -0.488. The molecule has 1 aromatic carbocycles. The monoisotopic (exact) mass is 346 g/mol. The fraction of sp³-hybridized carbons (Fsp3) is 0.438. The summed E-state index contributed by atoms with van der Waals surface area (Å²) >= 11 is 1.39. The first-order valence-electron chi connectivity index (χ1n) is 7.95. The third-order valence-corrected chi connectivity index (χ3v) is 5.36. The lowest BCUT2D eigenvalue weighted by atomic mass is 9.90. The second kappa shape index (κ2) is 7.04. The first-order chi connectivity index (χ1) is 11.6. The molecule has 0 unspecified atom stereocenters. The number of carbonyl (C=O) groups is 1. The maximum absolute atomic E-state index is 12.4. The summed E-state index contributed by atoms with van der Waals surface area (Å²) in [7, 11) is 0. The molecule has 0 aliphatic heterocycles. The van der Waals surface area contributed by atoms with E-state index in [2.05, 4.69) is 15.5 Å². The summed E-state index contributed by atoms with van der Waals surface area (Å²) in [5.74, 6) is 0.0315. The van der Waals surface area contributed by atoms with E-state index in [4.69, 9.17) is 0 Å². The number of hydrogen-bond donors (Lipinski definition) is 1. The predicted molar refractivity (Wildman–Crippen MR) is 91.5 cm³/mol. The van der Waals surface area contributed by atoms with Gasteiger partial charge in [-0.2, -0.15) is 0 Å². The van der Waals surface area contributed by atoms with Crippen molar-refractivity contribution in [1.29, 1.82) is 0 Å². The molecule has 1 N–H and O–H groups in total. The Morgan fingerprint density at radius 1 is 1.29 bits per heavy atom. The zero-order chi connectivity index (χ0) is 17.1. The van der Waals surface area contributed by atoms with Gasteiger partial charge in [-0.25, -0.2) is 0 Å². The normalized spacial score (nSPS) is 15.2. The van der Waals surface area contributed by atoms with Gasteiger partial charge in [0.2, 0.25) is 5.13 Å². The number of amides is 1. The van der Waals surface area contributed by atoms with E-state index in [-0.39, 0.29) is 11.3 Å². The summed E-state index contributed by atoms with van der Waals surface area (Å²) in [5.41, 5.74) is 0.554. The lowest BCUT2D eigenvalue weighted by molar-refractivity contribution is -0.385. The summed E-state index contributed by atoms with van der Waals surface area (Å²) < 4.78 is 0. The van der Waals surface area contributed by atoms with Gasteiger partial charge in [-0.05, 0) is 25.8 Å². The zero-order valence-corrected chi connectivity index (χ0v) is 14.1. The van der Waals surface area contributed by atoms with E-state index in [9.17, 15) is 14.9 Å². The molecule has 0 saturated heterocycles. The highest BCUT2D eigenvalue weighted by atomic mass is 32.1. The fourth-order valence-corrected chi connectivity index (χ4v) is 3.94. The van der Waals surface area contributed by atoms with Gasteiger partial charge in [-0.15, -0.1) is 10.2 Å². The summed E-state index contributed by atoms with van der Waals surface area (Å²) in [6.45, 7) is 1.57. The summed E-state index contributed by atoms with van der Waals surface area (Å²) in [5, 5.41) is 23.3. The SMILES string of the molecule is Cc1c(C(=O)Nc2nnc(C3CCCCC3)s2)cccc1[N+](=O)[O-]. The van der Waals surface area contributed by atoms with Crippen molar-refractivity contribution < 1.29 is 9.72 Å². The third kappa shape index (κ3) is 3.43. The molecule has 3 rings (SSSR count).